The zero-order chi connectivity index (χ0) is 18.1. The molecule has 1 aliphatic carbocycles. The number of benzene rings is 2. The first-order chi connectivity index (χ1) is 12.6. The molecule has 6 heteroatoms. The lowest BCUT2D eigenvalue weighted by atomic mass is 9.89. The molecule has 0 unspecified atom stereocenters. The molecule has 26 heavy (non-hydrogen) atoms. The van der Waals surface area contributed by atoms with Crippen LogP contribution in [0.25, 0.3) is 17.1 Å². The van der Waals surface area contributed by atoms with Crippen molar-refractivity contribution < 1.29 is 0 Å². The third-order valence-electron chi connectivity index (χ3n) is 4.83. The molecule has 0 atom stereocenters. The van der Waals surface area contributed by atoms with Crippen LogP contribution >= 0.6 is 34.8 Å². The van der Waals surface area contributed by atoms with Crippen LogP contribution < -0.4 is 0 Å². The van der Waals surface area contributed by atoms with Crippen molar-refractivity contribution in [3.63, 3.8) is 0 Å². The van der Waals surface area contributed by atoms with Crippen molar-refractivity contribution in [2.45, 2.75) is 38.0 Å². The Balaban J connectivity index is 1.84. The van der Waals surface area contributed by atoms with Gasteiger partial charge in [-0.25, -0.2) is 9.67 Å². The highest BCUT2D eigenvalue weighted by Gasteiger charge is 2.23. The molecule has 0 N–H and O–H groups in total. The minimum Gasteiger partial charge on any atom is -0.211 e. The van der Waals surface area contributed by atoms with Gasteiger partial charge >= 0.3 is 0 Å². The SMILES string of the molecule is Clc1ccc(-c2nc(C3CCCCC3)nn2-c2ccc(Cl)cc2Cl)cc1. The van der Waals surface area contributed by atoms with Crippen molar-refractivity contribution in [3.8, 4) is 17.1 Å². The quantitative estimate of drug-likeness (QED) is 0.471. The number of nitrogens with zero attached hydrogens (tertiary/aromatic N) is 3. The van der Waals surface area contributed by atoms with E-state index in [1.165, 1.54) is 19.3 Å². The van der Waals surface area contributed by atoms with Crippen LogP contribution in [-0.4, -0.2) is 14.8 Å². The summed E-state index contributed by atoms with van der Waals surface area (Å²) < 4.78 is 1.83. The number of aromatic nitrogens is 3. The Hall–Kier alpha value is -1.55. The highest BCUT2D eigenvalue weighted by Crippen LogP contribution is 2.34. The van der Waals surface area contributed by atoms with Crippen LogP contribution in [0.1, 0.15) is 43.8 Å². The predicted molar refractivity (Wildman–Crippen MR) is 108 cm³/mol. The van der Waals surface area contributed by atoms with Gasteiger partial charge in [0.05, 0.1) is 10.7 Å². The predicted octanol–water partition coefficient (Wildman–Crippen LogP) is 6.94. The van der Waals surface area contributed by atoms with Crippen LogP contribution in [0, 0.1) is 0 Å². The molecule has 0 radical (unpaired) electrons. The molecule has 3 aromatic rings. The largest absolute Gasteiger partial charge is 0.211 e. The average molecular weight is 407 g/mol. The molecular weight excluding hydrogens is 389 g/mol. The maximum Gasteiger partial charge on any atom is 0.163 e. The summed E-state index contributed by atoms with van der Waals surface area (Å²) in [4.78, 5) is 4.89. The second kappa shape index (κ2) is 7.59. The van der Waals surface area contributed by atoms with E-state index in [1.54, 1.807) is 6.07 Å². The van der Waals surface area contributed by atoms with Gasteiger partial charge in [0.25, 0.3) is 0 Å². The maximum absolute atomic E-state index is 6.45. The third-order valence-corrected chi connectivity index (χ3v) is 5.62. The highest BCUT2D eigenvalue weighted by atomic mass is 35.5. The molecule has 2 aromatic carbocycles. The lowest BCUT2D eigenvalue weighted by molar-refractivity contribution is 0.428. The molecule has 3 nitrogen and oxygen atoms in total. The van der Waals surface area contributed by atoms with Gasteiger partial charge in [-0.1, -0.05) is 54.1 Å². The van der Waals surface area contributed by atoms with Crippen LogP contribution in [0.15, 0.2) is 42.5 Å². The zero-order valence-electron chi connectivity index (χ0n) is 14.1. The second-order valence-corrected chi connectivity index (χ2v) is 7.92. The van der Waals surface area contributed by atoms with Gasteiger partial charge in [0, 0.05) is 21.5 Å². The summed E-state index contributed by atoms with van der Waals surface area (Å²) in [7, 11) is 0. The summed E-state index contributed by atoms with van der Waals surface area (Å²) in [6, 6.07) is 13.1. The summed E-state index contributed by atoms with van der Waals surface area (Å²) >= 11 is 18.6. The van der Waals surface area contributed by atoms with E-state index >= 15 is 0 Å². The van der Waals surface area contributed by atoms with Crippen LogP contribution in [0.2, 0.25) is 15.1 Å². The summed E-state index contributed by atoms with van der Waals surface area (Å²) in [5.74, 6) is 2.06. The fraction of sp³-hybridized carbons (Fsp3) is 0.300. The number of hydrogen-bond donors (Lipinski definition) is 0. The molecule has 134 valence electrons. The number of rotatable bonds is 3. The Morgan fingerprint density at radius 1 is 0.846 bits per heavy atom. The van der Waals surface area contributed by atoms with Crippen molar-refractivity contribution >= 4 is 34.8 Å². The summed E-state index contributed by atoms with van der Waals surface area (Å²) in [6.07, 6.45) is 6.04. The van der Waals surface area contributed by atoms with Crippen molar-refractivity contribution in [3.05, 3.63) is 63.4 Å². The molecule has 1 aliphatic rings. The minimum atomic E-state index is 0.405. The monoisotopic (exact) mass is 405 g/mol. The van der Waals surface area contributed by atoms with Crippen LogP contribution in [0.3, 0.4) is 0 Å². The van der Waals surface area contributed by atoms with Gasteiger partial charge < -0.3 is 0 Å². The van der Waals surface area contributed by atoms with Gasteiger partial charge in [0.2, 0.25) is 0 Å². The van der Waals surface area contributed by atoms with E-state index in [9.17, 15) is 0 Å². The molecule has 1 saturated carbocycles. The molecule has 0 bridgehead atoms. The molecule has 0 aliphatic heterocycles. The highest BCUT2D eigenvalue weighted by molar-refractivity contribution is 6.35. The van der Waals surface area contributed by atoms with Crippen LogP contribution in [-0.2, 0) is 0 Å². The number of halogens is 3. The molecule has 0 amide bonds. The van der Waals surface area contributed by atoms with Gasteiger partial charge in [0.15, 0.2) is 11.6 Å². The summed E-state index contributed by atoms with van der Waals surface area (Å²) in [5.41, 5.74) is 1.73. The first kappa shape index (κ1) is 17.8. The fourth-order valence-electron chi connectivity index (χ4n) is 3.47. The Morgan fingerprint density at radius 3 is 2.23 bits per heavy atom. The van der Waals surface area contributed by atoms with E-state index in [2.05, 4.69) is 0 Å². The smallest absolute Gasteiger partial charge is 0.163 e. The first-order valence-corrected chi connectivity index (χ1v) is 9.93. The van der Waals surface area contributed by atoms with Crippen LogP contribution in [0.4, 0.5) is 0 Å². The zero-order valence-corrected chi connectivity index (χ0v) is 16.4. The molecule has 4 rings (SSSR count). The van der Waals surface area contributed by atoms with Gasteiger partial charge in [0.1, 0.15) is 0 Å². The molecule has 1 aromatic heterocycles. The van der Waals surface area contributed by atoms with Gasteiger partial charge in [-0.3, -0.25) is 0 Å². The van der Waals surface area contributed by atoms with E-state index in [0.29, 0.717) is 21.0 Å². The Labute approximate surface area is 167 Å². The lowest BCUT2D eigenvalue weighted by Crippen LogP contribution is -2.07. The van der Waals surface area contributed by atoms with E-state index < -0.39 is 0 Å². The van der Waals surface area contributed by atoms with Gasteiger partial charge in [-0.05, 0) is 55.3 Å². The molecule has 1 heterocycles. The molecular formula is C20H18Cl3N3. The summed E-state index contributed by atoms with van der Waals surface area (Å²) in [5, 5.41) is 6.68. The van der Waals surface area contributed by atoms with Crippen molar-refractivity contribution in [2.75, 3.05) is 0 Å². The first-order valence-electron chi connectivity index (χ1n) is 8.80. The molecule has 0 spiro atoms. The second-order valence-electron chi connectivity index (χ2n) is 6.64. The van der Waals surface area contributed by atoms with Crippen molar-refractivity contribution in [2.24, 2.45) is 0 Å². The van der Waals surface area contributed by atoms with E-state index in [4.69, 9.17) is 44.9 Å². The van der Waals surface area contributed by atoms with E-state index in [-0.39, 0.29) is 0 Å². The van der Waals surface area contributed by atoms with Gasteiger partial charge in [-0.15, -0.1) is 0 Å². The molecule has 0 saturated heterocycles. The van der Waals surface area contributed by atoms with Crippen molar-refractivity contribution in [1.29, 1.82) is 0 Å². The Morgan fingerprint density at radius 2 is 1.54 bits per heavy atom. The average Bonchev–Trinajstić information content (AvgIpc) is 3.08. The Bertz CT molecular complexity index is 913. The fourth-order valence-corrected chi connectivity index (χ4v) is 4.08. The third kappa shape index (κ3) is 3.62. The molecule has 1 fully saturated rings. The maximum atomic E-state index is 6.45. The number of hydrogen-bond acceptors (Lipinski definition) is 2. The van der Waals surface area contributed by atoms with Crippen LogP contribution in [0.5, 0.6) is 0 Å². The standard InChI is InChI=1S/C20H18Cl3N3/c21-15-8-6-14(7-9-15)20-24-19(13-4-2-1-3-5-13)25-26(20)18-11-10-16(22)12-17(18)23/h6-13H,1-5H2. The minimum absolute atomic E-state index is 0.405. The van der Waals surface area contributed by atoms with E-state index in [0.717, 1.165) is 35.7 Å². The topological polar surface area (TPSA) is 30.7 Å². The summed E-state index contributed by atoms with van der Waals surface area (Å²) in [6.45, 7) is 0. The Kier molecular flexibility index (Phi) is 5.21. The van der Waals surface area contributed by atoms with Crippen molar-refractivity contribution in [1.82, 2.24) is 14.8 Å². The lowest BCUT2D eigenvalue weighted by Gasteiger charge is -2.18. The normalized spacial score (nSPS) is 15.3. The van der Waals surface area contributed by atoms with Gasteiger partial charge in [-0.2, -0.15) is 5.10 Å². The van der Waals surface area contributed by atoms with E-state index in [1.807, 2.05) is 41.1 Å².